The minimum absolute atomic E-state index is 0.0347. The number of rotatable bonds is 5. The first-order valence-corrected chi connectivity index (χ1v) is 10.1. The molecular weight excluding hydrogens is 352 g/mol. The van der Waals surface area contributed by atoms with Crippen molar-refractivity contribution in [3.63, 3.8) is 0 Å². The lowest BCUT2D eigenvalue weighted by Crippen LogP contribution is -2.40. The van der Waals surface area contributed by atoms with Gasteiger partial charge in [-0.3, -0.25) is 10.0 Å². The van der Waals surface area contributed by atoms with Crippen LogP contribution in [0.1, 0.15) is 52.4 Å². The molecule has 0 aromatic carbocycles. The first kappa shape index (κ1) is 20.4. The van der Waals surface area contributed by atoms with Crippen molar-refractivity contribution in [2.75, 3.05) is 0 Å². The van der Waals surface area contributed by atoms with Gasteiger partial charge in [-0.15, -0.1) is 0 Å². The highest BCUT2D eigenvalue weighted by molar-refractivity contribution is 6.01. The molecule has 3 rings (SSSR count). The van der Waals surface area contributed by atoms with E-state index in [0.29, 0.717) is 16.7 Å². The Kier molecular flexibility index (Phi) is 6.42. The summed E-state index contributed by atoms with van der Waals surface area (Å²) in [6.07, 6.45) is 15.4. The normalized spacial score (nSPS) is 29.7. The maximum Gasteiger partial charge on any atom is 0.209 e. The van der Waals surface area contributed by atoms with Crippen LogP contribution in [0.5, 0.6) is 0 Å². The van der Waals surface area contributed by atoms with E-state index in [1.807, 2.05) is 19.9 Å². The van der Waals surface area contributed by atoms with Gasteiger partial charge in [-0.25, -0.2) is 5.84 Å². The van der Waals surface area contributed by atoms with Crippen LogP contribution in [0.2, 0.25) is 0 Å². The maximum absolute atomic E-state index is 10.9. The first-order chi connectivity index (χ1) is 13.4. The molecule has 0 bridgehead atoms. The number of aliphatic hydroxyl groups excluding tert-OH is 2. The minimum atomic E-state index is -0.851. The molecule has 3 atom stereocenters. The van der Waals surface area contributed by atoms with E-state index in [0.717, 1.165) is 44.2 Å². The second-order valence-corrected chi connectivity index (χ2v) is 7.82. The Morgan fingerprint density at radius 1 is 1.29 bits per heavy atom. The topological polar surface area (TPSA) is 85.3 Å². The van der Waals surface area contributed by atoms with Crippen LogP contribution in [-0.2, 0) is 0 Å². The Labute approximate surface area is 167 Å². The van der Waals surface area contributed by atoms with Crippen molar-refractivity contribution in [1.29, 1.82) is 0 Å². The zero-order chi connectivity index (χ0) is 20.3. The summed E-state index contributed by atoms with van der Waals surface area (Å²) in [5.74, 6) is 6.18. The van der Waals surface area contributed by atoms with E-state index >= 15 is 0 Å². The highest BCUT2D eigenvalue weighted by Crippen LogP contribution is 2.29. The fourth-order valence-electron chi connectivity index (χ4n) is 3.92. The lowest BCUT2D eigenvalue weighted by Gasteiger charge is -2.30. The third-order valence-electron chi connectivity index (χ3n) is 5.61. The van der Waals surface area contributed by atoms with Crippen LogP contribution < -0.4 is 5.84 Å². The van der Waals surface area contributed by atoms with Gasteiger partial charge in [-0.05, 0) is 64.0 Å². The summed E-state index contributed by atoms with van der Waals surface area (Å²) in [5.41, 5.74) is 2.60. The van der Waals surface area contributed by atoms with Gasteiger partial charge in [-0.2, -0.15) is 5.10 Å². The lowest BCUT2D eigenvalue weighted by atomic mass is 9.99. The average molecular weight is 385 g/mol. The number of hydrazine groups is 1. The molecule has 0 fully saturated rings. The largest absolute Gasteiger partial charge is 0.493 e. The number of hydrogen-bond donors (Lipinski definition) is 3. The molecule has 0 spiro atoms. The van der Waals surface area contributed by atoms with Crippen LogP contribution in [-0.4, -0.2) is 44.3 Å². The fraction of sp³-hybridized carbons (Fsp3) is 0.500. The molecule has 0 aromatic rings. The lowest BCUT2D eigenvalue weighted by molar-refractivity contribution is 0.0262. The third-order valence-corrected chi connectivity index (χ3v) is 5.61. The Balaban J connectivity index is 1.89. The quantitative estimate of drug-likeness (QED) is 0.221. The predicted octanol–water partition coefficient (Wildman–Crippen LogP) is 3.66. The maximum atomic E-state index is 10.9. The van der Waals surface area contributed by atoms with E-state index in [1.165, 1.54) is 5.01 Å². The van der Waals surface area contributed by atoms with E-state index in [9.17, 15) is 10.2 Å². The predicted molar refractivity (Wildman–Crippen MR) is 113 cm³/mol. The molecule has 3 aliphatic rings. The zero-order valence-electron chi connectivity index (χ0n) is 16.9. The van der Waals surface area contributed by atoms with Crippen LogP contribution >= 0.6 is 0 Å². The highest BCUT2D eigenvalue weighted by atomic mass is 16.3. The molecular formula is C22H32N4O2. The molecule has 0 amide bonds. The van der Waals surface area contributed by atoms with E-state index in [1.54, 1.807) is 11.1 Å². The zero-order valence-corrected chi connectivity index (χ0v) is 16.9. The van der Waals surface area contributed by atoms with Crippen molar-refractivity contribution >= 4 is 5.71 Å². The van der Waals surface area contributed by atoms with Crippen LogP contribution in [0.25, 0.3) is 0 Å². The molecule has 0 saturated carbocycles. The van der Waals surface area contributed by atoms with Crippen LogP contribution in [0.3, 0.4) is 0 Å². The second kappa shape index (κ2) is 8.80. The standard InChI is InChI=1S/C22H32N4O2/c1-15(2)19(21(27)25(23)17-10-6-4-7-11-17)14-20-16(3)24-26(22(20)28)18-12-8-5-9-13-18/h6,8,10,12,14,17-18,22,27-28H,1,4-5,7,9,11,13,23H2,2-3H3/b20-14-,21-19+. The molecule has 2 aliphatic carbocycles. The van der Waals surface area contributed by atoms with Crippen LogP contribution in [0, 0.1) is 0 Å². The van der Waals surface area contributed by atoms with Crippen LogP contribution in [0.15, 0.2) is 64.7 Å². The molecule has 0 aromatic heterocycles. The molecule has 1 aliphatic heterocycles. The molecule has 1 heterocycles. The smallest absolute Gasteiger partial charge is 0.209 e. The summed E-state index contributed by atoms with van der Waals surface area (Å²) in [4.78, 5) is 0. The molecule has 152 valence electrons. The molecule has 0 saturated heterocycles. The molecule has 6 nitrogen and oxygen atoms in total. The van der Waals surface area contributed by atoms with E-state index in [2.05, 4.69) is 29.9 Å². The number of nitrogens with zero attached hydrogens (tertiary/aromatic N) is 3. The number of hydrazone groups is 1. The van der Waals surface area contributed by atoms with Crippen molar-refractivity contribution in [2.45, 2.75) is 70.7 Å². The van der Waals surface area contributed by atoms with E-state index in [-0.39, 0.29) is 18.0 Å². The average Bonchev–Trinajstić information content (AvgIpc) is 2.99. The summed E-state index contributed by atoms with van der Waals surface area (Å²) in [5, 5.41) is 29.4. The molecule has 3 unspecified atom stereocenters. The molecule has 0 radical (unpaired) electrons. The Hall–Kier alpha value is -2.31. The number of hydrogen-bond acceptors (Lipinski definition) is 6. The van der Waals surface area contributed by atoms with Crippen molar-refractivity contribution < 1.29 is 10.2 Å². The van der Waals surface area contributed by atoms with Crippen molar-refractivity contribution in [2.24, 2.45) is 10.9 Å². The second-order valence-electron chi connectivity index (χ2n) is 7.82. The van der Waals surface area contributed by atoms with Gasteiger partial charge in [-0.1, -0.05) is 30.9 Å². The first-order valence-electron chi connectivity index (χ1n) is 10.1. The highest BCUT2D eigenvalue weighted by Gasteiger charge is 2.33. The molecule has 4 N–H and O–H groups in total. The SMILES string of the molecule is C=C(C)C(/C=C1/C(C)=NN(C2C=CCCC2)C1O)=C(/O)N(N)C1C=CCCC1. The summed E-state index contributed by atoms with van der Waals surface area (Å²) < 4.78 is 0. The molecule has 6 heteroatoms. The summed E-state index contributed by atoms with van der Waals surface area (Å²) in [6, 6.07) is 0.0440. The van der Waals surface area contributed by atoms with Gasteiger partial charge < -0.3 is 10.2 Å². The van der Waals surface area contributed by atoms with Gasteiger partial charge in [0.15, 0.2) is 6.23 Å². The van der Waals surface area contributed by atoms with Gasteiger partial charge in [0.2, 0.25) is 5.88 Å². The van der Waals surface area contributed by atoms with Crippen LogP contribution in [0.4, 0.5) is 0 Å². The Morgan fingerprint density at radius 3 is 2.54 bits per heavy atom. The third kappa shape index (κ3) is 4.23. The van der Waals surface area contributed by atoms with Gasteiger partial charge in [0.1, 0.15) is 0 Å². The van der Waals surface area contributed by atoms with Crippen molar-refractivity contribution in [1.82, 2.24) is 10.0 Å². The van der Waals surface area contributed by atoms with E-state index < -0.39 is 6.23 Å². The fourth-order valence-corrected chi connectivity index (χ4v) is 3.92. The van der Waals surface area contributed by atoms with Crippen molar-refractivity contribution in [3.8, 4) is 0 Å². The number of aliphatic hydroxyl groups is 2. The Bertz CT molecular complexity index is 762. The van der Waals surface area contributed by atoms with Gasteiger partial charge >= 0.3 is 0 Å². The van der Waals surface area contributed by atoms with Gasteiger partial charge in [0, 0.05) is 11.1 Å². The summed E-state index contributed by atoms with van der Waals surface area (Å²) in [6.45, 7) is 7.69. The summed E-state index contributed by atoms with van der Waals surface area (Å²) >= 11 is 0. The van der Waals surface area contributed by atoms with E-state index in [4.69, 9.17) is 5.84 Å². The van der Waals surface area contributed by atoms with Gasteiger partial charge in [0.05, 0.1) is 17.8 Å². The molecule has 28 heavy (non-hydrogen) atoms. The van der Waals surface area contributed by atoms with Gasteiger partial charge in [0.25, 0.3) is 0 Å². The minimum Gasteiger partial charge on any atom is -0.493 e. The number of nitrogens with two attached hydrogens (primary N) is 1. The summed E-state index contributed by atoms with van der Waals surface area (Å²) in [7, 11) is 0. The van der Waals surface area contributed by atoms with Crippen molar-refractivity contribution in [3.05, 3.63) is 59.6 Å². The number of allylic oxidation sites excluding steroid dienone is 5. The Morgan fingerprint density at radius 2 is 1.96 bits per heavy atom. The monoisotopic (exact) mass is 384 g/mol.